The van der Waals surface area contributed by atoms with Crippen LogP contribution >= 0.6 is 11.3 Å². The Labute approximate surface area is 135 Å². The summed E-state index contributed by atoms with van der Waals surface area (Å²) in [6.45, 7) is 0.272. The summed E-state index contributed by atoms with van der Waals surface area (Å²) in [6, 6.07) is 14.6. The van der Waals surface area contributed by atoms with Crippen molar-refractivity contribution in [3.8, 4) is 5.75 Å². The molecule has 0 atom stereocenters. The summed E-state index contributed by atoms with van der Waals surface area (Å²) in [5, 5.41) is 11.5. The van der Waals surface area contributed by atoms with Crippen molar-refractivity contribution in [3.63, 3.8) is 0 Å². The summed E-state index contributed by atoms with van der Waals surface area (Å²) in [5.41, 5.74) is 0.351. The molecular formula is C16H12FN3O2S. The van der Waals surface area contributed by atoms with E-state index in [1.165, 1.54) is 35.6 Å². The molecule has 1 aromatic heterocycles. The number of hydrogen-bond acceptors (Lipinski definition) is 5. The molecule has 0 unspecified atom stereocenters. The number of rotatable bonds is 5. The number of hydrogen-bond donors (Lipinski definition) is 1. The molecule has 1 N–H and O–H groups in total. The molecule has 0 saturated carbocycles. The average Bonchev–Trinajstić information content (AvgIpc) is 3.02. The number of carbonyl (C=O) groups is 1. The summed E-state index contributed by atoms with van der Waals surface area (Å²) >= 11 is 1.23. The predicted octanol–water partition coefficient (Wildman–Crippen LogP) is 3.51. The second kappa shape index (κ2) is 6.97. The fourth-order valence-electron chi connectivity index (χ4n) is 1.79. The molecule has 0 saturated heterocycles. The number of ether oxygens (including phenoxy) is 1. The first-order valence-corrected chi connectivity index (χ1v) is 7.59. The van der Waals surface area contributed by atoms with Crippen LogP contribution in [0.5, 0.6) is 5.75 Å². The Morgan fingerprint density at radius 3 is 2.57 bits per heavy atom. The van der Waals surface area contributed by atoms with Gasteiger partial charge in [0.1, 0.15) is 18.2 Å². The summed E-state index contributed by atoms with van der Waals surface area (Å²) in [6.07, 6.45) is 0. The number of nitrogens with one attached hydrogen (secondary N) is 1. The normalized spacial score (nSPS) is 10.3. The highest BCUT2D eigenvalue weighted by Crippen LogP contribution is 2.18. The Morgan fingerprint density at radius 2 is 1.83 bits per heavy atom. The van der Waals surface area contributed by atoms with Gasteiger partial charge in [0.15, 0.2) is 5.01 Å². The smallest absolute Gasteiger partial charge is 0.257 e. The fraction of sp³-hybridized carbons (Fsp3) is 0.0625. The third kappa shape index (κ3) is 4.10. The Morgan fingerprint density at radius 1 is 1.09 bits per heavy atom. The van der Waals surface area contributed by atoms with E-state index < -0.39 is 5.82 Å². The van der Waals surface area contributed by atoms with Gasteiger partial charge in [-0.15, -0.1) is 10.2 Å². The molecule has 2 aromatic carbocycles. The number of amides is 1. The minimum atomic E-state index is -0.391. The molecule has 3 rings (SSSR count). The zero-order valence-corrected chi connectivity index (χ0v) is 12.7. The standard InChI is InChI=1S/C16H12FN3O2S/c17-12-8-6-11(7-9-12)15(21)18-16-20-19-14(23-16)10-22-13-4-2-1-3-5-13/h1-9H,10H2,(H,18,20,21). The monoisotopic (exact) mass is 329 g/mol. The second-order valence-corrected chi connectivity index (χ2v) is 5.63. The molecule has 3 aromatic rings. The van der Waals surface area contributed by atoms with E-state index in [1.807, 2.05) is 30.3 Å². The lowest BCUT2D eigenvalue weighted by atomic mass is 10.2. The molecular weight excluding hydrogens is 317 g/mol. The number of halogens is 1. The highest BCUT2D eigenvalue weighted by atomic mass is 32.1. The Hall–Kier alpha value is -2.80. The Kier molecular flexibility index (Phi) is 4.58. The van der Waals surface area contributed by atoms with E-state index >= 15 is 0 Å². The molecule has 0 aliphatic carbocycles. The van der Waals surface area contributed by atoms with Gasteiger partial charge in [0.05, 0.1) is 0 Å². The number of nitrogens with zero attached hydrogens (tertiary/aromatic N) is 2. The molecule has 0 bridgehead atoms. The zero-order valence-electron chi connectivity index (χ0n) is 11.9. The van der Waals surface area contributed by atoms with Crippen molar-refractivity contribution in [3.05, 3.63) is 71.0 Å². The molecule has 23 heavy (non-hydrogen) atoms. The number of anilines is 1. The molecule has 0 aliphatic heterocycles. The predicted molar refractivity (Wildman–Crippen MR) is 85.0 cm³/mol. The maximum atomic E-state index is 12.8. The third-order valence-corrected chi connectivity index (χ3v) is 3.71. The van der Waals surface area contributed by atoms with Crippen molar-refractivity contribution in [1.29, 1.82) is 0 Å². The van der Waals surface area contributed by atoms with Crippen LogP contribution < -0.4 is 10.1 Å². The van der Waals surface area contributed by atoms with Gasteiger partial charge in [-0.3, -0.25) is 10.1 Å². The highest BCUT2D eigenvalue weighted by molar-refractivity contribution is 7.15. The van der Waals surface area contributed by atoms with Gasteiger partial charge in [-0.2, -0.15) is 0 Å². The number of benzene rings is 2. The minimum Gasteiger partial charge on any atom is -0.486 e. The summed E-state index contributed by atoms with van der Waals surface area (Å²) in [4.78, 5) is 12.0. The van der Waals surface area contributed by atoms with Gasteiger partial charge in [-0.05, 0) is 36.4 Å². The van der Waals surface area contributed by atoms with Crippen LogP contribution in [0.3, 0.4) is 0 Å². The van der Waals surface area contributed by atoms with Gasteiger partial charge >= 0.3 is 0 Å². The third-order valence-electron chi connectivity index (χ3n) is 2.90. The van der Waals surface area contributed by atoms with E-state index in [0.717, 1.165) is 5.75 Å². The van der Waals surface area contributed by atoms with Crippen molar-refractivity contribution < 1.29 is 13.9 Å². The van der Waals surface area contributed by atoms with Gasteiger partial charge in [0.25, 0.3) is 5.91 Å². The van der Waals surface area contributed by atoms with Crippen LogP contribution in [0.15, 0.2) is 54.6 Å². The van der Waals surface area contributed by atoms with Crippen LogP contribution in [-0.4, -0.2) is 16.1 Å². The molecule has 0 radical (unpaired) electrons. The van der Waals surface area contributed by atoms with Gasteiger partial charge in [-0.25, -0.2) is 4.39 Å². The fourth-order valence-corrected chi connectivity index (χ4v) is 2.44. The van der Waals surface area contributed by atoms with Crippen LogP contribution in [0.4, 0.5) is 9.52 Å². The molecule has 0 fully saturated rings. The van der Waals surface area contributed by atoms with Crippen molar-refractivity contribution in [2.75, 3.05) is 5.32 Å². The Balaban J connectivity index is 1.58. The molecule has 0 spiro atoms. The molecule has 5 nitrogen and oxygen atoms in total. The summed E-state index contributed by atoms with van der Waals surface area (Å²) < 4.78 is 18.4. The summed E-state index contributed by atoms with van der Waals surface area (Å²) in [7, 11) is 0. The molecule has 1 heterocycles. The number of carbonyl (C=O) groups excluding carboxylic acids is 1. The zero-order chi connectivity index (χ0) is 16.1. The highest BCUT2D eigenvalue weighted by Gasteiger charge is 2.10. The van der Waals surface area contributed by atoms with Crippen LogP contribution in [0.2, 0.25) is 0 Å². The van der Waals surface area contributed by atoms with Crippen molar-refractivity contribution >= 4 is 22.4 Å². The van der Waals surface area contributed by atoms with Crippen molar-refractivity contribution in [2.45, 2.75) is 6.61 Å². The van der Waals surface area contributed by atoms with Gasteiger partial charge in [-0.1, -0.05) is 29.5 Å². The first-order chi connectivity index (χ1) is 11.2. The largest absolute Gasteiger partial charge is 0.486 e. The summed E-state index contributed by atoms with van der Waals surface area (Å²) in [5.74, 6) is -0.0194. The number of para-hydroxylation sites is 1. The molecule has 1 amide bonds. The average molecular weight is 329 g/mol. The molecule has 7 heteroatoms. The Bertz CT molecular complexity index is 791. The minimum absolute atomic E-state index is 0.272. The first-order valence-electron chi connectivity index (χ1n) is 6.78. The van der Waals surface area contributed by atoms with E-state index in [0.29, 0.717) is 15.7 Å². The van der Waals surface area contributed by atoms with E-state index in [2.05, 4.69) is 15.5 Å². The molecule has 0 aliphatic rings. The SMILES string of the molecule is O=C(Nc1nnc(COc2ccccc2)s1)c1ccc(F)cc1. The van der Waals surface area contributed by atoms with Crippen LogP contribution in [0.25, 0.3) is 0 Å². The first kappa shape index (κ1) is 15.1. The van der Waals surface area contributed by atoms with Crippen LogP contribution in [-0.2, 0) is 6.61 Å². The lowest BCUT2D eigenvalue weighted by Crippen LogP contribution is -2.11. The maximum absolute atomic E-state index is 12.8. The van der Waals surface area contributed by atoms with Gasteiger partial charge < -0.3 is 4.74 Å². The van der Waals surface area contributed by atoms with E-state index in [1.54, 1.807) is 0 Å². The van der Waals surface area contributed by atoms with Crippen LogP contribution in [0.1, 0.15) is 15.4 Å². The second-order valence-electron chi connectivity index (χ2n) is 4.56. The van der Waals surface area contributed by atoms with E-state index in [-0.39, 0.29) is 12.5 Å². The lowest BCUT2D eigenvalue weighted by Gasteiger charge is -2.02. The van der Waals surface area contributed by atoms with Gasteiger partial charge in [0.2, 0.25) is 5.13 Å². The quantitative estimate of drug-likeness (QED) is 0.778. The van der Waals surface area contributed by atoms with Crippen molar-refractivity contribution in [1.82, 2.24) is 10.2 Å². The van der Waals surface area contributed by atoms with Crippen LogP contribution in [0, 0.1) is 5.82 Å². The van der Waals surface area contributed by atoms with E-state index in [4.69, 9.17) is 4.74 Å². The molecule has 116 valence electrons. The lowest BCUT2D eigenvalue weighted by molar-refractivity contribution is 0.102. The topological polar surface area (TPSA) is 64.1 Å². The maximum Gasteiger partial charge on any atom is 0.257 e. The van der Waals surface area contributed by atoms with E-state index in [9.17, 15) is 9.18 Å². The van der Waals surface area contributed by atoms with Gasteiger partial charge in [0, 0.05) is 5.56 Å². The van der Waals surface area contributed by atoms with Crippen molar-refractivity contribution in [2.24, 2.45) is 0 Å². The number of aromatic nitrogens is 2.